The first-order chi connectivity index (χ1) is 9.48. The summed E-state index contributed by atoms with van der Waals surface area (Å²) in [7, 11) is 0. The van der Waals surface area contributed by atoms with Gasteiger partial charge in [-0.05, 0) is 25.7 Å². The summed E-state index contributed by atoms with van der Waals surface area (Å²) in [6, 6.07) is 0. The SMILES string of the molecule is CCCCC(CC)(CCCCCCCC(=O)O)C(=O)O. The van der Waals surface area contributed by atoms with Crippen molar-refractivity contribution in [3.05, 3.63) is 0 Å². The molecule has 0 rings (SSSR count). The van der Waals surface area contributed by atoms with Gasteiger partial charge in [-0.25, -0.2) is 0 Å². The molecular weight excluding hydrogens is 256 g/mol. The molecule has 0 aromatic carbocycles. The number of unbranched alkanes of at least 4 members (excludes halogenated alkanes) is 5. The van der Waals surface area contributed by atoms with Gasteiger partial charge in [0.05, 0.1) is 5.41 Å². The van der Waals surface area contributed by atoms with E-state index in [1.54, 1.807) is 0 Å². The lowest BCUT2D eigenvalue weighted by atomic mass is 9.76. The number of rotatable bonds is 13. The Morgan fingerprint density at radius 2 is 1.40 bits per heavy atom. The van der Waals surface area contributed by atoms with Crippen molar-refractivity contribution in [3.8, 4) is 0 Å². The lowest BCUT2D eigenvalue weighted by Gasteiger charge is -2.28. The molecule has 0 amide bonds. The van der Waals surface area contributed by atoms with Crippen LogP contribution in [-0.4, -0.2) is 22.2 Å². The second-order valence-electron chi connectivity index (χ2n) is 5.70. The zero-order valence-electron chi connectivity index (χ0n) is 13.0. The van der Waals surface area contributed by atoms with Crippen LogP contribution in [0.5, 0.6) is 0 Å². The molecule has 0 aliphatic carbocycles. The van der Waals surface area contributed by atoms with Crippen molar-refractivity contribution in [1.82, 2.24) is 0 Å². The third-order valence-corrected chi connectivity index (χ3v) is 4.19. The van der Waals surface area contributed by atoms with Crippen molar-refractivity contribution in [2.45, 2.75) is 84.5 Å². The third-order valence-electron chi connectivity index (χ3n) is 4.19. The predicted octanol–water partition coefficient (Wildman–Crippen LogP) is 4.47. The van der Waals surface area contributed by atoms with Crippen LogP contribution in [0.2, 0.25) is 0 Å². The minimum Gasteiger partial charge on any atom is -0.481 e. The third kappa shape index (κ3) is 7.51. The van der Waals surface area contributed by atoms with Crippen LogP contribution in [-0.2, 0) is 9.59 Å². The summed E-state index contributed by atoms with van der Waals surface area (Å²) in [4.78, 5) is 21.9. The van der Waals surface area contributed by atoms with Crippen molar-refractivity contribution in [2.24, 2.45) is 5.41 Å². The van der Waals surface area contributed by atoms with Gasteiger partial charge in [0.1, 0.15) is 0 Å². The quantitative estimate of drug-likeness (QED) is 0.490. The van der Waals surface area contributed by atoms with Gasteiger partial charge in [0.25, 0.3) is 0 Å². The summed E-state index contributed by atoms with van der Waals surface area (Å²) >= 11 is 0. The van der Waals surface area contributed by atoms with E-state index in [4.69, 9.17) is 5.11 Å². The highest BCUT2D eigenvalue weighted by Gasteiger charge is 2.35. The Balaban J connectivity index is 3.96. The van der Waals surface area contributed by atoms with Gasteiger partial charge in [0.15, 0.2) is 0 Å². The number of carboxylic acids is 2. The van der Waals surface area contributed by atoms with Crippen LogP contribution in [0.4, 0.5) is 0 Å². The highest BCUT2D eigenvalue weighted by atomic mass is 16.4. The van der Waals surface area contributed by atoms with Crippen LogP contribution >= 0.6 is 0 Å². The largest absolute Gasteiger partial charge is 0.481 e. The van der Waals surface area contributed by atoms with E-state index >= 15 is 0 Å². The van der Waals surface area contributed by atoms with Gasteiger partial charge in [-0.3, -0.25) is 9.59 Å². The van der Waals surface area contributed by atoms with Gasteiger partial charge in [-0.1, -0.05) is 52.4 Å². The van der Waals surface area contributed by atoms with E-state index in [1.165, 1.54) is 0 Å². The van der Waals surface area contributed by atoms with Gasteiger partial charge < -0.3 is 10.2 Å². The van der Waals surface area contributed by atoms with Gasteiger partial charge in [-0.15, -0.1) is 0 Å². The molecule has 0 fully saturated rings. The summed E-state index contributed by atoms with van der Waals surface area (Å²) < 4.78 is 0. The van der Waals surface area contributed by atoms with Crippen molar-refractivity contribution in [2.75, 3.05) is 0 Å². The Labute approximate surface area is 122 Å². The number of hydrogen-bond acceptors (Lipinski definition) is 2. The Hall–Kier alpha value is -1.06. The zero-order valence-corrected chi connectivity index (χ0v) is 13.0. The monoisotopic (exact) mass is 286 g/mol. The molecule has 0 saturated carbocycles. The van der Waals surface area contributed by atoms with E-state index in [0.29, 0.717) is 6.42 Å². The maximum Gasteiger partial charge on any atom is 0.309 e. The maximum atomic E-state index is 11.5. The first-order valence-electron chi connectivity index (χ1n) is 7.93. The number of carbonyl (C=O) groups is 2. The molecule has 20 heavy (non-hydrogen) atoms. The second kappa shape index (κ2) is 10.7. The molecule has 4 nitrogen and oxygen atoms in total. The van der Waals surface area contributed by atoms with Crippen molar-refractivity contribution >= 4 is 11.9 Å². The van der Waals surface area contributed by atoms with E-state index in [-0.39, 0.29) is 6.42 Å². The van der Waals surface area contributed by atoms with Crippen LogP contribution in [0.25, 0.3) is 0 Å². The molecule has 0 spiro atoms. The second-order valence-corrected chi connectivity index (χ2v) is 5.70. The smallest absolute Gasteiger partial charge is 0.309 e. The fourth-order valence-electron chi connectivity index (χ4n) is 2.63. The van der Waals surface area contributed by atoms with Crippen LogP contribution in [0, 0.1) is 5.41 Å². The molecule has 0 aromatic rings. The topological polar surface area (TPSA) is 74.6 Å². The molecule has 0 radical (unpaired) electrons. The Bertz CT molecular complexity index is 288. The molecule has 1 unspecified atom stereocenters. The average Bonchev–Trinajstić information content (AvgIpc) is 2.40. The summed E-state index contributed by atoms with van der Waals surface area (Å²) in [5.74, 6) is -1.39. The van der Waals surface area contributed by atoms with E-state index in [1.807, 2.05) is 6.92 Å². The number of aliphatic carboxylic acids is 2. The highest BCUT2D eigenvalue weighted by molar-refractivity contribution is 5.74. The van der Waals surface area contributed by atoms with Gasteiger partial charge >= 0.3 is 11.9 Å². The summed E-state index contributed by atoms with van der Waals surface area (Å²) in [6.07, 6.45) is 9.04. The minimum atomic E-state index is -0.736. The lowest BCUT2D eigenvalue weighted by Crippen LogP contribution is -2.30. The van der Waals surface area contributed by atoms with E-state index < -0.39 is 17.4 Å². The summed E-state index contributed by atoms with van der Waals surface area (Å²) in [5.41, 5.74) is -0.545. The van der Waals surface area contributed by atoms with E-state index in [2.05, 4.69) is 6.92 Å². The Morgan fingerprint density at radius 3 is 1.90 bits per heavy atom. The molecule has 0 heterocycles. The first-order valence-corrected chi connectivity index (χ1v) is 7.93. The molecule has 4 heteroatoms. The molecule has 0 aromatic heterocycles. The Morgan fingerprint density at radius 1 is 0.850 bits per heavy atom. The predicted molar refractivity (Wildman–Crippen MR) is 79.8 cm³/mol. The van der Waals surface area contributed by atoms with Crippen molar-refractivity contribution in [1.29, 1.82) is 0 Å². The fraction of sp³-hybridized carbons (Fsp3) is 0.875. The molecule has 2 N–H and O–H groups in total. The average molecular weight is 286 g/mol. The van der Waals surface area contributed by atoms with Gasteiger partial charge in [0.2, 0.25) is 0 Å². The number of carboxylic acid groups (broad SMARTS) is 2. The lowest BCUT2D eigenvalue weighted by molar-refractivity contribution is -0.150. The van der Waals surface area contributed by atoms with E-state index in [9.17, 15) is 14.7 Å². The highest BCUT2D eigenvalue weighted by Crippen LogP contribution is 2.35. The minimum absolute atomic E-state index is 0.241. The van der Waals surface area contributed by atoms with Crippen LogP contribution < -0.4 is 0 Å². The van der Waals surface area contributed by atoms with Crippen LogP contribution in [0.3, 0.4) is 0 Å². The molecule has 118 valence electrons. The molecule has 0 bridgehead atoms. The first kappa shape index (κ1) is 18.9. The van der Waals surface area contributed by atoms with Gasteiger partial charge in [0, 0.05) is 6.42 Å². The summed E-state index contributed by atoms with van der Waals surface area (Å²) in [5, 5.41) is 18.0. The van der Waals surface area contributed by atoms with E-state index in [0.717, 1.165) is 57.8 Å². The van der Waals surface area contributed by atoms with Crippen LogP contribution in [0.15, 0.2) is 0 Å². The van der Waals surface area contributed by atoms with Crippen LogP contribution in [0.1, 0.15) is 84.5 Å². The molecular formula is C16H30O4. The standard InChI is InChI=1S/C16H30O4/c1-3-5-12-16(4-2,15(19)20)13-10-8-6-7-9-11-14(17)18/h3-13H2,1-2H3,(H,17,18)(H,19,20). The van der Waals surface area contributed by atoms with Crippen molar-refractivity contribution in [3.63, 3.8) is 0 Å². The molecule has 0 aliphatic heterocycles. The molecule has 1 atom stereocenters. The Kier molecular flexibility index (Phi) is 10.1. The normalized spacial score (nSPS) is 13.9. The zero-order chi connectivity index (χ0) is 15.4. The molecule has 0 saturated heterocycles. The molecule has 0 aliphatic rings. The maximum absolute atomic E-state index is 11.5. The number of hydrogen-bond donors (Lipinski definition) is 2. The fourth-order valence-corrected chi connectivity index (χ4v) is 2.63. The summed E-state index contributed by atoms with van der Waals surface area (Å²) in [6.45, 7) is 4.06. The van der Waals surface area contributed by atoms with Crippen molar-refractivity contribution < 1.29 is 19.8 Å². The van der Waals surface area contributed by atoms with Gasteiger partial charge in [-0.2, -0.15) is 0 Å².